The van der Waals surface area contributed by atoms with Crippen molar-refractivity contribution in [1.82, 2.24) is 14.9 Å². The van der Waals surface area contributed by atoms with Gasteiger partial charge in [0.1, 0.15) is 11.9 Å². The summed E-state index contributed by atoms with van der Waals surface area (Å²) in [6.07, 6.45) is 4.91. The minimum absolute atomic E-state index is 0.00548. The van der Waals surface area contributed by atoms with Crippen LogP contribution in [0.2, 0.25) is 0 Å². The molecule has 0 bridgehead atoms. The van der Waals surface area contributed by atoms with Crippen molar-refractivity contribution in [3.8, 4) is 11.8 Å². The van der Waals surface area contributed by atoms with Gasteiger partial charge in [0.15, 0.2) is 6.61 Å². The highest BCUT2D eigenvalue weighted by molar-refractivity contribution is 5.77. The minimum atomic E-state index is 0.00548. The molecule has 0 radical (unpaired) electrons. The predicted molar refractivity (Wildman–Crippen MR) is 88.9 cm³/mol. The molecule has 1 aliphatic rings. The Labute approximate surface area is 141 Å². The normalized spacial score (nSPS) is 15.1. The first-order valence-corrected chi connectivity index (χ1v) is 8.11. The fourth-order valence-corrected chi connectivity index (χ4v) is 2.66. The van der Waals surface area contributed by atoms with Crippen molar-refractivity contribution in [1.29, 1.82) is 0 Å². The van der Waals surface area contributed by atoms with Crippen LogP contribution in [0.15, 0.2) is 42.7 Å². The standard InChI is InChI=1S/C18H21N3O3/c1-14-4-2-5-16(12-14)23-13-17(22)21-10-6-15(7-11-21)24-18-19-8-3-9-20-18/h2-5,8-9,12,15H,6-7,10-11,13H2,1H3. The maximum absolute atomic E-state index is 12.3. The third-order valence-corrected chi connectivity index (χ3v) is 3.96. The minimum Gasteiger partial charge on any atom is -0.484 e. The van der Waals surface area contributed by atoms with Crippen LogP contribution in [0, 0.1) is 6.92 Å². The molecule has 2 heterocycles. The highest BCUT2D eigenvalue weighted by atomic mass is 16.5. The van der Waals surface area contributed by atoms with E-state index in [1.54, 1.807) is 18.5 Å². The summed E-state index contributed by atoms with van der Waals surface area (Å²) in [7, 11) is 0. The Hall–Kier alpha value is -2.63. The lowest BCUT2D eigenvalue weighted by Crippen LogP contribution is -2.43. The molecule has 2 aromatic rings. The number of aromatic nitrogens is 2. The van der Waals surface area contributed by atoms with Crippen molar-refractivity contribution in [2.24, 2.45) is 0 Å². The summed E-state index contributed by atoms with van der Waals surface area (Å²) < 4.78 is 11.3. The zero-order valence-corrected chi connectivity index (χ0v) is 13.7. The van der Waals surface area contributed by atoms with Crippen LogP contribution in [-0.2, 0) is 4.79 Å². The molecule has 0 unspecified atom stereocenters. The Morgan fingerprint density at radius 3 is 2.67 bits per heavy atom. The number of carbonyl (C=O) groups excluding carboxylic acids is 1. The molecule has 1 saturated heterocycles. The number of rotatable bonds is 5. The molecular weight excluding hydrogens is 306 g/mol. The predicted octanol–water partition coefficient (Wildman–Crippen LogP) is 2.23. The van der Waals surface area contributed by atoms with E-state index in [2.05, 4.69) is 9.97 Å². The summed E-state index contributed by atoms with van der Waals surface area (Å²) in [6.45, 7) is 3.38. The second kappa shape index (κ2) is 7.77. The lowest BCUT2D eigenvalue weighted by Gasteiger charge is -2.31. The van der Waals surface area contributed by atoms with Gasteiger partial charge in [-0.2, -0.15) is 0 Å². The van der Waals surface area contributed by atoms with Crippen LogP contribution in [-0.4, -0.2) is 46.6 Å². The van der Waals surface area contributed by atoms with Gasteiger partial charge in [0.2, 0.25) is 0 Å². The van der Waals surface area contributed by atoms with E-state index in [0.717, 1.165) is 24.2 Å². The molecule has 0 saturated carbocycles. The zero-order valence-electron chi connectivity index (χ0n) is 13.7. The van der Waals surface area contributed by atoms with Gasteiger partial charge in [-0.05, 0) is 30.7 Å². The van der Waals surface area contributed by atoms with Crippen LogP contribution in [0.1, 0.15) is 18.4 Å². The lowest BCUT2D eigenvalue weighted by molar-refractivity contribution is -0.135. The van der Waals surface area contributed by atoms with Gasteiger partial charge in [-0.25, -0.2) is 9.97 Å². The number of aryl methyl sites for hydroxylation is 1. The molecule has 24 heavy (non-hydrogen) atoms. The van der Waals surface area contributed by atoms with Crippen LogP contribution >= 0.6 is 0 Å². The first-order chi connectivity index (χ1) is 11.7. The van der Waals surface area contributed by atoms with E-state index in [-0.39, 0.29) is 18.6 Å². The molecule has 0 spiro atoms. The molecule has 1 aromatic carbocycles. The van der Waals surface area contributed by atoms with Gasteiger partial charge in [-0.3, -0.25) is 4.79 Å². The first-order valence-electron chi connectivity index (χ1n) is 8.11. The van der Waals surface area contributed by atoms with E-state index in [4.69, 9.17) is 9.47 Å². The molecule has 3 rings (SSSR count). The Morgan fingerprint density at radius 2 is 1.96 bits per heavy atom. The highest BCUT2D eigenvalue weighted by Gasteiger charge is 2.24. The summed E-state index contributed by atoms with van der Waals surface area (Å²) >= 11 is 0. The maximum Gasteiger partial charge on any atom is 0.316 e. The van der Waals surface area contributed by atoms with Crippen molar-refractivity contribution in [3.63, 3.8) is 0 Å². The Kier molecular flexibility index (Phi) is 5.25. The molecule has 1 aliphatic heterocycles. The van der Waals surface area contributed by atoms with Gasteiger partial charge in [0.05, 0.1) is 0 Å². The molecule has 0 N–H and O–H groups in total. The second-order valence-corrected chi connectivity index (χ2v) is 5.83. The monoisotopic (exact) mass is 327 g/mol. The first kappa shape index (κ1) is 16.2. The molecule has 126 valence electrons. The quantitative estimate of drug-likeness (QED) is 0.842. The number of nitrogens with zero attached hydrogens (tertiary/aromatic N) is 3. The fraction of sp³-hybridized carbons (Fsp3) is 0.389. The van der Waals surface area contributed by atoms with Crippen LogP contribution in [0.5, 0.6) is 11.8 Å². The highest BCUT2D eigenvalue weighted by Crippen LogP contribution is 2.16. The van der Waals surface area contributed by atoms with E-state index in [9.17, 15) is 4.79 Å². The van der Waals surface area contributed by atoms with Crippen molar-refractivity contribution >= 4 is 5.91 Å². The maximum atomic E-state index is 12.3. The number of benzene rings is 1. The lowest BCUT2D eigenvalue weighted by atomic mass is 10.1. The summed E-state index contributed by atoms with van der Waals surface area (Å²) in [5.74, 6) is 0.730. The van der Waals surface area contributed by atoms with Crippen LogP contribution in [0.4, 0.5) is 0 Å². The van der Waals surface area contributed by atoms with E-state index >= 15 is 0 Å². The molecule has 1 amide bonds. The van der Waals surface area contributed by atoms with Crippen molar-refractivity contribution in [2.45, 2.75) is 25.9 Å². The Bertz CT molecular complexity index is 670. The number of hydrogen-bond acceptors (Lipinski definition) is 5. The third-order valence-electron chi connectivity index (χ3n) is 3.96. The van der Waals surface area contributed by atoms with Gasteiger partial charge in [0.25, 0.3) is 5.91 Å². The van der Waals surface area contributed by atoms with Gasteiger partial charge in [0, 0.05) is 38.3 Å². The summed E-state index contributed by atoms with van der Waals surface area (Å²) in [5.41, 5.74) is 1.11. The van der Waals surface area contributed by atoms with Gasteiger partial charge >= 0.3 is 6.01 Å². The molecule has 1 aromatic heterocycles. The molecule has 6 heteroatoms. The third kappa shape index (κ3) is 4.44. The molecule has 0 aliphatic carbocycles. The SMILES string of the molecule is Cc1cccc(OCC(=O)N2CCC(Oc3ncccn3)CC2)c1. The molecule has 6 nitrogen and oxygen atoms in total. The molecular formula is C18H21N3O3. The zero-order chi connectivity index (χ0) is 16.8. The van der Waals surface area contributed by atoms with E-state index in [0.29, 0.717) is 19.1 Å². The second-order valence-electron chi connectivity index (χ2n) is 5.83. The summed E-state index contributed by atoms with van der Waals surface area (Å²) in [6, 6.07) is 9.85. The number of carbonyl (C=O) groups is 1. The number of piperidine rings is 1. The van der Waals surface area contributed by atoms with Crippen LogP contribution in [0.25, 0.3) is 0 Å². The van der Waals surface area contributed by atoms with Gasteiger partial charge in [-0.15, -0.1) is 0 Å². The number of likely N-dealkylation sites (tertiary alicyclic amines) is 1. The van der Waals surface area contributed by atoms with Gasteiger partial charge in [-0.1, -0.05) is 12.1 Å². The Balaban J connectivity index is 1.43. The number of hydrogen-bond donors (Lipinski definition) is 0. The largest absolute Gasteiger partial charge is 0.484 e. The van der Waals surface area contributed by atoms with Crippen LogP contribution < -0.4 is 9.47 Å². The molecule has 1 fully saturated rings. The van der Waals surface area contributed by atoms with E-state index in [1.807, 2.05) is 36.1 Å². The number of amides is 1. The van der Waals surface area contributed by atoms with Crippen molar-refractivity contribution < 1.29 is 14.3 Å². The average Bonchev–Trinajstić information content (AvgIpc) is 2.61. The average molecular weight is 327 g/mol. The van der Waals surface area contributed by atoms with E-state index in [1.165, 1.54) is 0 Å². The summed E-state index contributed by atoms with van der Waals surface area (Å²) in [4.78, 5) is 22.2. The van der Waals surface area contributed by atoms with Crippen molar-refractivity contribution in [2.75, 3.05) is 19.7 Å². The summed E-state index contributed by atoms with van der Waals surface area (Å²) in [5, 5.41) is 0. The van der Waals surface area contributed by atoms with E-state index < -0.39 is 0 Å². The van der Waals surface area contributed by atoms with Crippen molar-refractivity contribution in [3.05, 3.63) is 48.3 Å². The Morgan fingerprint density at radius 1 is 1.21 bits per heavy atom. The topological polar surface area (TPSA) is 64.5 Å². The fourth-order valence-electron chi connectivity index (χ4n) is 2.66. The van der Waals surface area contributed by atoms with Crippen LogP contribution in [0.3, 0.4) is 0 Å². The van der Waals surface area contributed by atoms with Gasteiger partial charge < -0.3 is 14.4 Å². The number of ether oxygens (including phenoxy) is 2. The smallest absolute Gasteiger partial charge is 0.316 e. The molecule has 0 atom stereocenters.